The maximum atomic E-state index is 12.6. The molecular weight excluding hydrogens is 612 g/mol. The van der Waals surface area contributed by atoms with Crippen LogP contribution < -0.4 is 0 Å². The molecule has 0 bridgehead atoms. The minimum atomic E-state index is -0.755. The average Bonchev–Trinajstić information content (AvgIpc) is 3.08. The van der Waals surface area contributed by atoms with Crippen LogP contribution in [0.2, 0.25) is 0 Å². The Morgan fingerprint density at radius 1 is 0.388 bits per heavy atom. The summed E-state index contributed by atoms with van der Waals surface area (Å²) in [5.41, 5.74) is 0. The van der Waals surface area contributed by atoms with E-state index in [9.17, 15) is 14.4 Å². The van der Waals surface area contributed by atoms with E-state index in [1.807, 2.05) is 0 Å². The summed E-state index contributed by atoms with van der Waals surface area (Å²) in [6, 6.07) is 0. The lowest BCUT2D eigenvalue weighted by molar-refractivity contribution is -0.167. The van der Waals surface area contributed by atoms with Crippen molar-refractivity contribution >= 4 is 17.9 Å². The first-order chi connectivity index (χ1) is 23.9. The molecule has 290 valence electrons. The van der Waals surface area contributed by atoms with Crippen molar-refractivity contribution in [2.75, 3.05) is 13.2 Å². The van der Waals surface area contributed by atoms with E-state index >= 15 is 0 Å². The van der Waals surface area contributed by atoms with Gasteiger partial charge in [0.25, 0.3) is 0 Å². The van der Waals surface area contributed by atoms with E-state index in [0.717, 1.165) is 70.1 Å². The van der Waals surface area contributed by atoms with Gasteiger partial charge in [0.1, 0.15) is 13.2 Å². The monoisotopic (exact) mass is 695 g/mol. The van der Waals surface area contributed by atoms with Crippen molar-refractivity contribution in [3.05, 3.63) is 0 Å². The molecule has 6 nitrogen and oxygen atoms in total. The summed E-state index contributed by atoms with van der Waals surface area (Å²) < 4.78 is 16.5. The molecule has 0 aromatic heterocycles. The van der Waals surface area contributed by atoms with Crippen LogP contribution in [0.1, 0.15) is 233 Å². The smallest absolute Gasteiger partial charge is 0.306 e. The zero-order chi connectivity index (χ0) is 36.0. The Balaban J connectivity index is 4.08. The van der Waals surface area contributed by atoms with Gasteiger partial charge in [-0.1, -0.05) is 195 Å². The van der Waals surface area contributed by atoms with Crippen LogP contribution in [0.15, 0.2) is 0 Å². The molecule has 0 rings (SSSR count). The minimum Gasteiger partial charge on any atom is -0.462 e. The van der Waals surface area contributed by atoms with E-state index in [4.69, 9.17) is 14.2 Å². The predicted octanol–water partition coefficient (Wildman–Crippen LogP) is 13.2. The molecule has 0 saturated carbocycles. The molecule has 0 aliphatic carbocycles. The van der Waals surface area contributed by atoms with Gasteiger partial charge < -0.3 is 14.2 Å². The number of carbonyl (C=O) groups is 3. The Bertz CT molecular complexity index is 736. The molecule has 0 aliphatic rings. The Morgan fingerprint density at radius 2 is 0.673 bits per heavy atom. The highest BCUT2D eigenvalue weighted by atomic mass is 16.6. The molecule has 0 spiro atoms. The number of carbonyl (C=O) groups excluding carboxylic acids is 3. The standard InChI is InChI=1S/C43H82O6/c1-5-7-9-11-22-27-31-35-42(45)48-38-40(37-47-41(44)34-30-25-10-8-6-2)49-43(46)36-32-28-24-21-19-17-15-13-12-14-16-18-20-23-26-29-33-39(3)4/h39-40H,5-38H2,1-4H3/t40-/m0/s1. The Hall–Kier alpha value is -1.59. The van der Waals surface area contributed by atoms with Gasteiger partial charge in [-0.15, -0.1) is 0 Å². The Kier molecular flexibility index (Phi) is 36.4. The van der Waals surface area contributed by atoms with Crippen LogP contribution in [0.5, 0.6) is 0 Å². The fraction of sp³-hybridized carbons (Fsp3) is 0.930. The number of unbranched alkanes of at least 4 members (excludes halogenated alkanes) is 25. The summed E-state index contributed by atoms with van der Waals surface area (Å²) in [6.45, 7) is 8.88. The molecule has 0 fully saturated rings. The maximum absolute atomic E-state index is 12.6. The van der Waals surface area contributed by atoms with Gasteiger partial charge in [-0.05, 0) is 25.2 Å². The lowest BCUT2D eigenvalue weighted by Gasteiger charge is -2.18. The first kappa shape index (κ1) is 47.4. The molecular formula is C43H82O6. The third-order valence-corrected chi connectivity index (χ3v) is 9.54. The van der Waals surface area contributed by atoms with E-state index in [2.05, 4.69) is 27.7 Å². The van der Waals surface area contributed by atoms with E-state index in [1.54, 1.807) is 0 Å². The normalized spacial score (nSPS) is 11.9. The van der Waals surface area contributed by atoms with Crippen molar-refractivity contribution in [3.8, 4) is 0 Å². The zero-order valence-corrected chi connectivity index (χ0v) is 33.1. The highest BCUT2D eigenvalue weighted by Gasteiger charge is 2.19. The number of rotatable bonds is 38. The molecule has 0 amide bonds. The second kappa shape index (κ2) is 37.7. The second-order valence-electron chi connectivity index (χ2n) is 15.1. The van der Waals surface area contributed by atoms with Crippen LogP contribution in [-0.2, 0) is 28.6 Å². The lowest BCUT2D eigenvalue weighted by Crippen LogP contribution is -2.30. The average molecular weight is 695 g/mol. The van der Waals surface area contributed by atoms with E-state index in [0.29, 0.717) is 19.3 Å². The Morgan fingerprint density at radius 3 is 1.00 bits per heavy atom. The molecule has 6 heteroatoms. The van der Waals surface area contributed by atoms with Gasteiger partial charge >= 0.3 is 17.9 Å². The molecule has 0 heterocycles. The van der Waals surface area contributed by atoms with Crippen molar-refractivity contribution in [1.29, 1.82) is 0 Å². The van der Waals surface area contributed by atoms with Crippen LogP contribution >= 0.6 is 0 Å². The summed E-state index contributed by atoms with van der Waals surface area (Å²) in [5.74, 6) is -0.0270. The molecule has 1 atom stereocenters. The van der Waals surface area contributed by atoms with Crippen molar-refractivity contribution < 1.29 is 28.6 Å². The van der Waals surface area contributed by atoms with Gasteiger partial charge in [0, 0.05) is 19.3 Å². The van der Waals surface area contributed by atoms with E-state index in [1.165, 1.54) is 122 Å². The van der Waals surface area contributed by atoms with E-state index in [-0.39, 0.29) is 31.1 Å². The topological polar surface area (TPSA) is 78.9 Å². The zero-order valence-electron chi connectivity index (χ0n) is 33.1. The van der Waals surface area contributed by atoms with Gasteiger partial charge in [-0.3, -0.25) is 14.4 Å². The number of hydrogen-bond acceptors (Lipinski definition) is 6. The fourth-order valence-electron chi connectivity index (χ4n) is 6.27. The summed E-state index contributed by atoms with van der Waals surface area (Å²) in [5, 5.41) is 0. The predicted molar refractivity (Wildman–Crippen MR) is 206 cm³/mol. The minimum absolute atomic E-state index is 0.0661. The van der Waals surface area contributed by atoms with Crippen LogP contribution in [-0.4, -0.2) is 37.2 Å². The van der Waals surface area contributed by atoms with Gasteiger partial charge in [0.05, 0.1) is 0 Å². The van der Waals surface area contributed by atoms with E-state index < -0.39 is 6.10 Å². The largest absolute Gasteiger partial charge is 0.462 e. The van der Waals surface area contributed by atoms with Gasteiger partial charge in [0.15, 0.2) is 6.10 Å². The highest BCUT2D eigenvalue weighted by molar-refractivity contribution is 5.71. The molecule has 49 heavy (non-hydrogen) atoms. The van der Waals surface area contributed by atoms with Crippen LogP contribution in [0, 0.1) is 5.92 Å². The summed E-state index contributed by atoms with van der Waals surface area (Å²) >= 11 is 0. The SMILES string of the molecule is CCCCCCCCCC(=O)OC[C@H](COC(=O)CCCCCCC)OC(=O)CCCCCCCCCCCCCCCCCCC(C)C. The van der Waals surface area contributed by atoms with Crippen molar-refractivity contribution in [1.82, 2.24) is 0 Å². The van der Waals surface area contributed by atoms with Crippen LogP contribution in [0.3, 0.4) is 0 Å². The molecule has 0 aliphatic heterocycles. The first-order valence-electron chi connectivity index (χ1n) is 21.4. The number of ether oxygens (including phenoxy) is 3. The quantitative estimate of drug-likeness (QED) is 0.0364. The van der Waals surface area contributed by atoms with Gasteiger partial charge in [0.2, 0.25) is 0 Å². The molecule has 0 saturated heterocycles. The van der Waals surface area contributed by atoms with Crippen molar-refractivity contribution in [2.24, 2.45) is 5.92 Å². The van der Waals surface area contributed by atoms with Gasteiger partial charge in [-0.2, -0.15) is 0 Å². The third kappa shape index (κ3) is 37.5. The lowest BCUT2D eigenvalue weighted by atomic mass is 10.0. The summed E-state index contributed by atoms with van der Waals surface area (Å²) in [6.07, 6.45) is 35.6. The maximum Gasteiger partial charge on any atom is 0.306 e. The highest BCUT2D eigenvalue weighted by Crippen LogP contribution is 2.16. The molecule has 0 N–H and O–H groups in total. The number of hydrogen-bond donors (Lipinski definition) is 0. The van der Waals surface area contributed by atoms with Crippen LogP contribution in [0.4, 0.5) is 0 Å². The fourth-order valence-corrected chi connectivity index (χ4v) is 6.27. The molecule has 0 aromatic carbocycles. The second-order valence-corrected chi connectivity index (χ2v) is 15.1. The van der Waals surface area contributed by atoms with Crippen molar-refractivity contribution in [3.63, 3.8) is 0 Å². The third-order valence-electron chi connectivity index (χ3n) is 9.54. The summed E-state index contributed by atoms with van der Waals surface area (Å²) in [7, 11) is 0. The van der Waals surface area contributed by atoms with Crippen LogP contribution in [0.25, 0.3) is 0 Å². The molecule has 0 radical (unpaired) electrons. The molecule has 0 aromatic rings. The van der Waals surface area contributed by atoms with Crippen molar-refractivity contribution in [2.45, 2.75) is 239 Å². The summed E-state index contributed by atoms with van der Waals surface area (Å²) in [4.78, 5) is 37.2. The van der Waals surface area contributed by atoms with Gasteiger partial charge in [-0.25, -0.2) is 0 Å². The first-order valence-corrected chi connectivity index (χ1v) is 21.4. The molecule has 0 unspecified atom stereocenters. The number of esters is 3. The Labute approximate surface area is 304 Å².